The minimum absolute atomic E-state index is 0.729. The van der Waals surface area contributed by atoms with Crippen LogP contribution in [0.2, 0.25) is 0 Å². The predicted molar refractivity (Wildman–Crippen MR) is 386 cm³/mol. The standard InChI is InChI=1S/C79H147BrO9/c80-63-43-29-15-1-2-16-30-44-64-83-65-45-31-17-3-4-18-32-46-66-84-67-47-33-19-5-6-20-34-48-68-85-69-49-35-21-7-8-22-36-50-70-86-71-51-37-23-9-10-24-38-52-72-87-73-53-39-25-11-12-26-40-54-74-88-75-55-41-27-13-14-28-42-56-76-89-78-60-57-77(58-61-78)59-62-79(81)82/h57-62H,1-56,63-76H2,(H,81,82)/b62-59+. The van der Waals surface area contributed by atoms with Crippen molar-refractivity contribution < 1.29 is 43.1 Å². The van der Waals surface area contributed by atoms with Crippen molar-refractivity contribution in [1.82, 2.24) is 0 Å². The van der Waals surface area contributed by atoms with Gasteiger partial charge in [0, 0.05) is 90.7 Å². The molecule has 0 atom stereocenters. The van der Waals surface area contributed by atoms with Crippen LogP contribution in [0.4, 0.5) is 0 Å². The molecule has 0 bridgehead atoms. The fourth-order valence-electron chi connectivity index (χ4n) is 11.7. The summed E-state index contributed by atoms with van der Waals surface area (Å²) in [7, 11) is 0. The summed E-state index contributed by atoms with van der Waals surface area (Å²) in [6, 6.07) is 7.55. The van der Waals surface area contributed by atoms with E-state index in [1.807, 2.05) is 24.3 Å². The second kappa shape index (κ2) is 77.2. The monoisotopic (exact) mass is 1320 g/mol. The van der Waals surface area contributed by atoms with Crippen molar-refractivity contribution >= 4 is 28.0 Å². The molecule has 0 spiro atoms. The van der Waals surface area contributed by atoms with E-state index in [9.17, 15) is 4.79 Å². The molecule has 0 heterocycles. The number of rotatable bonds is 79. The van der Waals surface area contributed by atoms with Crippen LogP contribution in [-0.4, -0.2) is 102 Å². The van der Waals surface area contributed by atoms with Crippen LogP contribution in [0, 0.1) is 0 Å². The zero-order valence-corrected chi connectivity index (χ0v) is 60.1. The van der Waals surface area contributed by atoms with Crippen molar-refractivity contribution in [3.8, 4) is 5.75 Å². The number of hydrogen-bond acceptors (Lipinski definition) is 8. The molecule has 0 saturated heterocycles. The molecule has 0 unspecified atom stereocenters. The smallest absolute Gasteiger partial charge is 0.328 e. The van der Waals surface area contributed by atoms with Crippen LogP contribution in [0.5, 0.6) is 5.75 Å². The van der Waals surface area contributed by atoms with Gasteiger partial charge in [0.1, 0.15) is 5.75 Å². The lowest BCUT2D eigenvalue weighted by Gasteiger charge is -2.07. The van der Waals surface area contributed by atoms with E-state index in [2.05, 4.69) is 15.9 Å². The minimum atomic E-state index is -0.937. The van der Waals surface area contributed by atoms with Gasteiger partial charge in [0.15, 0.2) is 0 Å². The van der Waals surface area contributed by atoms with E-state index in [1.54, 1.807) is 6.08 Å². The van der Waals surface area contributed by atoms with Crippen LogP contribution in [0.3, 0.4) is 0 Å². The van der Waals surface area contributed by atoms with Crippen LogP contribution >= 0.6 is 15.9 Å². The van der Waals surface area contributed by atoms with Gasteiger partial charge in [0.05, 0.1) is 6.61 Å². The van der Waals surface area contributed by atoms with Crippen molar-refractivity contribution in [3.63, 3.8) is 0 Å². The Balaban J connectivity index is 1.60. The summed E-state index contributed by atoms with van der Waals surface area (Å²) in [5.41, 5.74) is 0.860. The molecule has 0 aliphatic carbocycles. The molecule has 0 aromatic heterocycles. The zero-order valence-electron chi connectivity index (χ0n) is 58.6. The summed E-state index contributed by atoms with van der Waals surface area (Å²) in [6.45, 7) is 12.1. The van der Waals surface area contributed by atoms with Crippen LogP contribution < -0.4 is 4.74 Å². The first-order valence-electron chi connectivity index (χ1n) is 38.9. The fraction of sp³-hybridized carbons (Fsp3) is 0.886. The lowest BCUT2D eigenvalue weighted by Crippen LogP contribution is -1.98. The van der Waals surface area contributed by atoms with Gasteiger partial charge in [-0.1, -0.05) is 298 Å². The van der Waals surface area contributed by atoms with Gasteiger partial charge in [0.2, 0.25) is 0 Å². The quantitative estimate of drug-likeness (QED) is 0.0388. The van der Waals surface area contributed by atoms with Gasteiger partial charge >= 0.3 is 5.97 Å². The molecule has 10 heteroatoms. The Morgan fingerprint density at radius 3 is 0.607 bits per heavy atom. The number of alkyl halides is 1. The Labute approximate surface area is 560 Å². The first kappa shape index (κ1) is 85.5. The Hall–Kier alpha value is -1.53. The highest BCUT2D eigenvalue weighted by molar-refractivity contribution is 9.09. The summed E-state index contributed by atoms with van der Waals surface area (Å²) in [4.78, 5) is 10.6. The fourth-order valence-corrected chi connectivity index (χ4v) is 12.1. The maximum atomic E-state index is 10.6. The van der Waals surface area contributed by atoms with Gasteiger partial charge < -0.3 is 38.3 Å². The van der Waals surface area contributed by atoms with Crippen molar-refractivity contribution in [2.45, 2.75) is 360 Å². The summed E-state index contributed by atoms with van der Waals surface area (Å²) < 4.78 is 41.3. The van der Waals surface area contributed by atoms with E-state index in [0.717, 1.165) is 115 Å². The molecule has 9 nitrogen and oxygen atoms in total. The molecule has 0 radical (unpaired) electrons. The molecule has 1 N–H and O–H groups in total. The van der Waals surface area contributed by atoms with Gasteiger partial charge in [-0.25, -0.2) is 4.79 Å². The van der Waals surface area contributed by atoms with Gasteiger partial charge in [-0.15, -0.1) is 0 Å². The largest absolute Gasteiger partial charge is 0.494 e. The third kappa shape index (κ3) is 73.7. The summed E-state index contributed by atoms with van der Waals surface area (Å²) in [5, 5.41) is 9.90. The first-order valence-corrected chi connectivity index (χ1v) is 40.0. The normalized spacial score (nSPS) is 11.7. The molecule has 1 rings (SSSR count). The number of carboxylic acid groups (broad SMARTS) is 1. The Morgan fingerprint density at radius 2 is 0.427 bits per heavy atom. The van der Waals surface area contributed by atoms with Crippen molar-refractivity contribution in [2.75, 3.05) is 91.2 Å². The Morgan fingerprint density at radius 1 is 0.258 bits per heavy atom. The number of carbonyl (C=O) groups is 1. The van der Waals surface area contributed by atoms with Crippen molar-refractivity contribution in [3.05, 3.63) is 35.9 Å². The number of ether oxygens (including phenoxy) is 7. The van der Waals surface area contributed by atoms with E-state index >= 15 is 0 Å². The SMILES string of the molecule is O=C(O)/C=C/c1ccc(OCCCCCCCCCCOCCCCCCCCCCOCCCCCCCCCCOCCCCCCCCCCOCCCCCCCCCCOCCCCCCCCCCOCCCCCCCCCCBr)cc1. The lowest BCUT2D eigenvalue weighted by molar-refractivity contribution is -0.131. The Bertz CT molecular complexity index is 1500. The second-order valence-electron chi connectivity index (χ2n) is 26.3. The molecular formula is C79H147BrO9. The van der Waals surface area contributed by atoms with Gasteiger partial charge in [-0.3, -0.25) is 0 Å². The molecule has 0 fully saturated rings. The summed E-state index contributed by atoms with van der Waals surface area (Å²) >= 11 is 3.52. The van der Waals surface area contributed by atoms with E-state index < -0.39 is 5.97 Å². The van der Waals surface area contributed by atoms with E-state index in [0.29, 0.717) is 0 Å². The molecule has 1 aromatic rings. The highest BCUT2D eigenvalue weighted by Gasteiger charge is 2.03. The first-order chi connectivity index (χ1) is 44.2. The van der Waals surface area contributed by atoms with Gasteiger partial charge in [-0.05, 0) is 114 Å². The van der Waals surface area contributed by atoms with Crippen LogP contribution in [0.15, 0.2) is 30.3 Å². The van der Waals surface area contributed by atoms with Crippen LogP contribution in [0.1, 0.15) is 365 Å². The number of unbranched alkanes of at least 4 members (excludes halogenated alkanes) is 49. The van der Waals surface area contributed by atoms with Gasteiger partial charge in [-0.2, -0.15) is 0 Å². The highest BCUT2D eigenvalue weighted by Crippen LogP contribution is 2.18. The van der Waals surface area contributed by atoms with Crippen LogP contribution in [-0.2, 0) is 33.2 Å². The van der Waals surface area contributed by atoms with Gasteiger partial charge in [0.25, 0.3) is 0 Å². The molecule has 0 aliphatic rings. The Kier molecular flexibility index (Phi) is 74.1. The average molecular weight is 1320 g/mol. The average Bonchev–Trinajstić information content (AvgIpc) is 3.64. The predicted octanol–water partition coefficient (Wildman–Crippen LogP) is 24.5. The number of carboxylic acids is 1. The number of benzene rings is 1. The van der Waals surface area contributed by atoms with E-state index in [4.69, 9.17) is 38.3 Å². The number of hydrogen-bond donors (Lipinski definition) is 1. The summed E-state index contributed by atoms with van der Waals surface area (Å²) in [5.74, 6) is -0.0987. The minimum Gasteiger partial charge on any atom is -0.494 e. The maximum Gasteiger partial charge on any atom is 0.328 e. The van der Waals surface area contributed by atoms with E-state index in [1.165, 1.54) is 353 Å². The van der Waals surface area contributed by atoms with Crippen molar-refractivity contribution in [1.29, 1.82) is 0 Å². The third-order valence-corrected chi connectivity index (χ3v) is 18.1. The molecule has 0 amide bonds. The summed E-state index contributed by atoms with van der Waals surface area (Å²) in [6.07, 6.45) is 76.4. The molecular weight excluding hydrogens is 1170 g/mol. The second-order valence-corrected chi connectivity index (χ2v) is 27.0. The number of halogens is 1. The van der Waals surface area contributed by atoms with Crippen LogP contribution in [0.25, 0.3) is 6.08 Å². The molecule has 89 heavy (non-hydrogen) atoms. The molecule has 524 valence electrons. The third-order valence-electron chi connectivity index (χ3n) is 17.6. The number of aliphatic carboxylic acids is 1. The molecule has 0 aliphatic heterocycles. The maximum absolute atomic E-state index is 10.6. The van der Waals surface area contributed by atoms with E-state index in [-0.39, 0.29) is 0 Å². The van der Waals surface area contributed by atoms with Crippen molar-refractivity contribution in [2.24, 2.45) is 0 Å². The molecule has 1 aromatic carbocycles. The lowest BCUT2D eigenvalue weighted by atomic mass is 10.1. The topological polar surface area (TPSA) is 102 Å². The highest BCUT2D eigenvalue weighted by atomic mass is 79.9. The molecule has 0 saturated carbocycles. The zero-order chi connectivity index (χ0) is 63.4.